The molecule has 1 atom stereocenters. The molecule has 0 bridgehead atoms. The molecular formula is C13H19FN2. The highest BCUT2D eigenvalue weighted by Gasteiger charge is 2.17. The zero-order valence-corrected chi connectivity index (χ0v) is 9.99. The summed E-state index contributed by atoms with van der Waals surface area (Å²) < 4.78 is 13.2. The molecule has 1 aliphatic heterocycles. The lowest BCUT2D eigenvalue weighted by Crippen LogP contribution is -2.29. The smallest absolute Gasteiger partial charge is 0.125 e. The second-order valence-corrected chi connectivity index (χ2v) is 4.79. The summed E-state index contributed by atoms with van der Waals surface area (Å²) in [6.07, 6.45) is 0. The first-order valence-electron chi connectivity index (χ1n) is 5.84. The second-order valence-electron chi connectivity index (χ2n) is 4.79. The third-order valence-electron chi connectivity index (χ3n) is 3.08. The topological polar surface area (TPSA) is 6.48 Å². The summed E-state index contributed by atoms with van der Waals surface area (Å²) in [5.74, 6) is 0.471. The SMILES string of the molecule is CC1CN(C)CCN(c2cccc(F)c2)C1. The van der Waals surface area contributed by atoms with Crippen LogP contribution in [0, 0.1) is 11.7 Å². The fraction of sp³-hybridized carbons (Fsp3) is 0.538. The number of halogens is 1. The monoisotopic (exact) mass is 222 g/mol. The number of rotatable bonds is 1. The molecule has 1 aromatic rings. The Morgan fingerprint density at radius 1 is 1.25 bits per heavy atom. The van der Waals surface area contributed by atoms with Crippen LogP contribution in [0.1, 0.15) is 6.92 Å². The lowest BCUT2D eigenvalue weighted by atomic mass is 10.1. The molecule has 16 heavy (non-hydrogen) atoms. The van der Waals surface area contributed by atoms with Gasteiger partial charge in [-0.25, -0.2) is 4.39 Å². The van der Waals surface area contributed by atoms with Crippen molar-refractivity contribution in [1.29, 1.82) is 0 Å². The molecule has 1 aliphatic rings. The van der Waals surface area contributed by atoms with E-state index in [1.54, 1.807) is 12.1 Å². The summed E-state index contributed by atoms with van der Waals surface area (Å²) in [4.78, 5) is 4.61. The first-order chi connectivity index (χ1) is 7.65. The van der Waals surface area contributed by atoms with Crippen LogP contribution in [0.2, 0.25) is 0 Å². The molecule has 88 valence electrons. The van der Waals surface area contributed by atoms with Crippen LogP contribution in [0.4, 0.5) is 10.1 Å². The Hall–Kier alpha value is -1.09. The Morgan fingerprint density at radius 2 is 2.06 bits per heavy atom. The molecule has 0 spiro atoms. The predicted molar refractivity (Wildman–Crippen MR) is 65.3 cm³/mol. The van der Waals surface area contributed by atoms with E-state index in [0.29, 0.717) is 5.92 Å². The lowest BCUT2D eigenvalue weighted by Gasteiger charge is -2.24. The van der Waals surface area contributed by atoms with Crippen LogP contribution in [0.25, 0.3) is 0 Å². The molecule has 1 fully saturated rings. The Kier molecular flexibility index (Phi) is 3.44. The molecule has 1 saturated heterocycles. The van der Waals surface area contributed by atoms with Crippen LogP contribution >= 0.6 is 0 Å². The Bertz CT molecular complexity index is 354. The van der Waals surface area contributed by atoms with Crippen molar-refractivity contribution < 1.29 is 4.39 Å². The van der Waals surface area contributed by atoms with Crippen LogP contribution in [0.15, 0.2) is 24.3 Å². The van der Waals surface area contributed by atoms with Gasteiger partial charge in [-0.3, -0.25) is 0 Å². The second kappa shape index (κ2) is 4.83. The maximum absolute atomic E-state index is 13.2. The number of hydrogen-bond donors (Lipinski definition) is 0. The van der Waals surface area contributed by atoms with E-state index in [1.165, 1.54) is 6.07 Å². The van der Waals surface area contributed by atoms with Crippen LogP contribution in [-0.4, -0.2) is 38.1 Å². The van der Waals surface area contributed by atoms with Crippen molar-refractivity contribution in [3.05, 3.63) is 30.1 Å². The minimum atomic E-state index is -0.150. The normalized spacial score (nSPS) is 23.2. The van der Waals surface area contributed by atoms with Gasteiger partial charge in [0.2, 0.25) is 0 Å². The van der Waals surface area contributed by atoms with Gasteiger partial charge in [0.15, 0.2) is 0 Å². The van der Waals surface area contributed by atoms with Gasteiger partial charge < -0.3 is 9.80 Å². The number of benzene rings is 1. The number of nitrogens with zero attached hydrogens (tertiary/aromatic N) is 2. The Morgan fingerprint density at radius 3 is 2.81 bits per heavy atom. The number of hydrogen-bond acceptors (Lipinski definition) is 2. The molecule has 0 aromatic heterocycles. The molecule has 1 heterocycles. The minimum Gasteiger partial charge on any atom is -0.370 e. The summed E-state index contributed by atoms with van der Waals surface area (Å²) in [6, 6.07) is 6.89. The lowest BCUT2D eigenvalue weighted by molar-refractivity contribution is 0.321. The standard InChI is InChI=1S/C13H19FN2/c1-11-9-15(2)6-7-16(10-11)13-5-3-4-12(14)8-13/h3-5,8,11H,6-7,9-10H2,1-2H3. The number of likely N-dealkylation sites (N-methyl/N-ethyl adjacent to an activating group) is 1. The summed E-state index contributed by atoms with van der Waals surface area (Å²) in [7, 11) is 2.14. The maximum atomic E-state index is 13.2. The summed E-state index contributed by atoms with van der Waals surface area (Å²) in [6.45, 7) is 6.39. The molecule has 1 aromatic carbocycles. The van der Waals surface area contributed by atoms with Gasteiger partial charge in [-0.05, 0) is 31.2 Å². The maximum Gasteiger partial charge on any atom is 0.125 e. The molecule has 0 N–H and O–H groups in total. The minimum absolute atomic E-state index is 0.150. The predicted octanol–water partition coefficient (Wildman–Crippen LogP) is 2.21. The van der Waals surface area contributed by atoms with E-state index >= 15 is 0 Å². The summed E-state index contributed by atoms with van der Waals surface area (Å²) in [5, 5.41) is 0. The molecule has 3 heteroatoms. The van der Waals surface area contributed by atoms with E-state index in [4.69, 9.17) is 0 Å². The highest BCUT2D eigenvalue weighted by atomic mass is 19.1. The van der Waals surface area contributed by atoms with Crippen LogP contribution in [-0.2, 0) is 0 Å². The summed E-state index contributed by atoms with van der Waals surface area (Å²) in [5.41, 5.74) is 1.00. The van der Waals surface area contributed by atoms with Gasteiger partial charge in [-0.1, -0.05) is 13.0 Å². The van der Waals surface area contributed by atoms with Crippen LogP contribution in [0.3, 0.4) is 0 Å². The van der Waals surface area contributed by atoms with Crippen molar-refractivity contribution in [2.75, 3.05) is 38.1 Å². The molecular weight excluding hydrogens is 203 g/mol. The van der Waals surface area contributed by atoms with Crippen molar-refractivity contribution in [2.24, 2.45) is 5.92 Å². The van der Waals surface area contributed by atoms with Crippen molar-refractivity contribution in [3.63, 3.8) is 0 Å². The Labute approximate surface area is 96.7 Å². The van der Waals surface area contributed by atoms with Gasteiger partial charge in [0.05, 0.1) is 0 Å². The highest BCUT2D eigenvalue weighted by Crippen LogP contribution is 2.19. The van der Waals surface area contributed by atoms with Gasteiger partial charge >= 0.3 is 0 Å². The van der Waals surface area contributed by atoms with Crippen LogP contribution in [0.5, 0.6) is 0 Å². The average molecular weight is 222 g/mol. The van der Waals surface area contributed by atoms with Crippen molar-refractivity contribution in [2.45, 2.75) is 6.92 Å². The zero-order chi connectivity index (χ0) is 11.5. The molecule has 2 rings (SSSR count). The van der Waals surface area contributed by atoms with Gasteiger partial charge in [-0.15, -0.1) is 0 Å². The van der Waals surface area contributed by atoms with E-state index < -0.39 is 0 Å². The van der Waals surface area contributed by atoms with Gasteiger partial charge in [0, 0.05) is 31.9 Å². The zero-order valence-electron chi connectivity index (χ0n) is 9.99. The van der Waals surface area contributed by atoms with Gasteiger partial charge in [0.1, 0.15) is 5.82 Å². The molecule has 0 aliphatic carbocycles. The number of anilines is 1. The first kappa shape index (κ1) is 11.4. The molecule has 0 radical (unpaired) electrons. The summed E-state index contributed by atoms with van der Waals surface area (Å²) >= 11 is 0. The molecule has 2 nitrogen and oxygen atoms in total. The van der Waals surface area contributed by atoms with E-state index in [-0.39, 0.29) is 5.82 Å². The van der Waals surface area contributed by atoms with Gasteiger partial charge in [0.25, 0.3) is 0 Å². The molecule has 1 unspecified atom stereocenters. The van der Waals surface area contributed by atoms with E-state index in [2.05, 4.69) is 23.8 Å². The molecule has 0 saturated carbocycles. The average Bonchev–Trinajstić information content (AvgIpc) is 2.39. The van der Waals surface area contributed by atoms with E-state index in [1.807, 2.05) is 6.07 Å². The van der Waals surface area contributed by atoms with Crippen molar-refractivity contribution in [1.82, 2.24) is 4.90 Å². The largest absolute Gasteiger partial charge is 0.370 e. The third kappa shape index (κ3) is 2.73. The quantitative estimate of drug-likeness (QED) is 0.719. The van der Waals surface area contributed by atoms with Crippen LogP contribution < -0.4 is 4.90 Å². The van der Waals surface area contributed by atoms with E-state index in [9.17, 15) is 4.39 Å². The molecule has 0 amide bonds. The van der Waals surface area contributed by atoms with Gasteiger partial charge in [-0.2, -0.15) is 0 Å². The Balaban J connectivity index is 2.14. The van der Waals surface area contributed by atoms with Crippen molar-refractivity contribution in [3.8, 4) is 0 Å². The fourth-order valence-electron chi connectivity index (χ4n) is 2.35. The third-order valence-corrected chi connectivity index (χ3v) is 3.08. The van der Waals surface area contributed by atoms with E-state index in [0.717, 1.165) is 31.9 Å². The fourth-order valence-corrected chi connectivity index (χ4v) is 2.35. The van der Waals surface area contributed by atoms with Crippen molar-refractivity contribution >= 4 is 5.69 Å². The first-order valence-corrected chi connectivity index (χ1v) is 5.84. The highest BCUT2D eigenvalue weighted by molar-refractivity contribution is 5.46.